The van der Waals surface area contributed by atoms with Crippen molar-refractivity contribution in [3.05, 3.63) is 252 Å². The van der Waals surface area contributed by atoms with Gasteiger partial charge < -0.3 is 9.47 Å². The first-order valence-electron chi connectivity index (χ1n) is 23.4. The van der Waals surface area contributed by atoms with Crippen LogP contribution in [0.4, 0.5) is 17.1 Å². The number of para-hydroxylation sites is 2. The van der Waals surface area contributed by atoms with E-state index in [-0.39, 0.29) is 5.41 Å². The topological polar surface area (TPSA) is 8.17 Å². The van der Waals surface area contributed by atoms with Gasteiger partial charge >= 0.3 is 0 Å². The summed E-state index contributed by atoms with van der Waals surface area (Å²) in [6.45, 7) is 4.74. The van der Waals surface area contributed by atoms with Crippen molar-refractivity contribution in [1.29, 1.82) is 0 Å². The molecule has 10 aromatic carbocycles. The van der Waals surface area contributed by atoms with Gasteiger partial charge in [-0.2, -0.15) is 0 Å². The van der Waals surface area contributed by atoms with Crippen LogP contribution in [0.15, 0.2) is 218 Å². The van der Waals surface area contributed by atoms with Crippen molar-refractivity contribution >= 4 is 70.4 Å². The molecule has 15 rings (SSSR count). The minimum atomic E-state index is -0.420. The lowest BCUT2D eigenvalue weighted by Crippen LogP contribution is -2.33. The molecule has 0 amide bonds. The van der Waals surface area contributed by atoms with Gasteiger partial charge in [-0.25, -0.2) is 0 Å². The summed E-state index contributed by atoms with van der Waals surface area (Å²) in [5.74, 6) is 0. The predicted molar refractivity (Wildman–Crippen MR) is 282 cm³/mol. The second kappa shape index (κ2) is 13.3. The summed E-state index contributed by atoms with van der Waals surface area (Å²) in [5.41, 5.74) is 22.6. The van der Waals surface area contributed by atoms with Gasteiger partial charge in [0.1, 0.15) is 0 Å². The van der Waals surface area contributed by atoms with Gasteiger partial charge in [-0.05, 0) is 115 Å². The Kier molecular flexibility index (Phi) is 7.41. The summed E-state index contributed by atoms with van der Waals surface area (Å²) in [4.78, 5) is 2.49. The summed E-state index contributed by atoms with van der Waals surface area (Å²) in [6, 6.07) is 82.3. The van der Waals surface area contributed by atoms with Gasteiger partial charge in [0.25, 0.3) is 0 Å². The molecule has 0 radical (unpaired) electrons. The fourth-order valence-electron chi connectivity index (χ4n) is 12.7. The lowest BCUT2D eigenvalue weighted by atomic mass is 9.65. The minimum Gasteiger partial charge on any atom is -0.309 e. The maximum absolute atomic E-state index is 2.56. The van der Waals surface area contributed by atoms with Gasteiger partial charge in [-0.15, -0.1) is 11.3 Å². The lowest BCUT2D eigenvalue weighted by molar-refractivity contribution is 0.660. The molecule has 3 aliphatic rings. The third-order valence-electron chi connectivity index (χ3n) is 15.6. The molecule has 0 saturated carbocycles. The fourth-order valence-corrected chi connectivity index (χ4v) is 13.9. The van der Waals surface area contributed by atoms with E-state index in [2.05, 4.69) is 242 Å². The zero-order chi connectivity index (χ0) is 44.2. The van der Waals surface area contributed by atoms with E-state index in [9.17, 15) is 0 Å². The Morgan fingerprint density at radius 2 is 0.985 bits per heavy atom. The molecule has 0 fully saturated rings. The molecule has 67 heavy (non-hydrogen) atoms. The first-order valence-corrected chi connectivity index (χ1v) is 24.2. The average molecular weight is 871 g/mol. The SMILES string of the molecule is CC1(C)c2ccccc2-c2ccc(N(c3ccc(-c4ccc5c6cccc7c6n(c5c4)-c4ccccc4C74c5ccccc5-c5ccccc54)cc3)c3cccc4c3sc3ccccc34)cc21. The molecular weight excluding hydrogens is 829 g/mol. The Bertz CT molecular complexity index is 4040. The minimum absolute atomic E-state index is 0.114. The van der Waals surface area contributed by atoms with Crippen LogP contribution in [-0.2, 0) is 10.8 Å². The van der Waals surface area contributed by atoms with E-state index in [1.807, 2.05) is 11.3 Å². The van der Waals surface area contributed by atoms with E-state index < -0.39 is 5.41 Å². The second-order valence-corrected chi connectivity index (χ2v) is 20.2. The molecule has 314 valence electrons. The van der Waals surface area contributed by atoms with Crippen molar-refractivity contribution in [2.45, 2.75) is 24.7 Å². The Hall–Kier alpha value is -7.98. The molecule has 12 aromatic rings. The highest BCUT2D eigenvalue weighted by molar-refractivity contribution is 7.26. The summed E-state index contributed by atoms with van der Waals surface area (Å²) < 4.78 is 5.16. The van der Waals surface area contributed by atoms with Crippen molar-refractivity contribution in [2.24, 2.45) is 0 Å². The molecule has 2 aliphatic carbocycles. The van der Waals surface area contributed by atoms with Crippen molar-refractivity contribution in [1.82, 2.24) is 4.57 Å². The summed E-state index contributed by atoms with van der Waals surface area (Å²) in [5, 5.41) is 5.16. The van der Waals surface area contributed by atoms with Gasteiger partial charge in [0, 0.05) is 43.0 Å². The van der Waals surface area contributed by atoms with Crippen molar-refractivity contribution in [2.75, 3.05) is 4.90 Å². The molecule has 0 atom stereocenters. The van der Waals surface area contributed by atoms with Crippen LogP contribution in [0.3, 0.4) is 0 Å². The number of aromatic nitrogens is 1. The van der Waals surface area contributed by atoms with Crippen LogP contribution in [0, 0.1) is 0 Å². The molecule has 0 unspecified atom stereocenters. The van der Waals surface area contributed by atoms with Crippen molar-refractivity contribution < 1.29 is 0 Å². The number of thiophene rings is 1. The molecule has 3 heteroatoms. The van der Waals surface area contributed by atoms with Crippen LogP contribution in [0.25, 0.3) is 81.0 Å². The Labute approximate surface area is 393 Å². The molecule has 0 saturated heterocycles. The van der Waals surface area contributed by atoms with Crippen molar-refractivity contribution in [3.8, 4) is 39.1 Å². The van der Waals surface area contributed by atoms with E-state index in [1.54, 1.807) is 0 Å². The van der Waals surface area contributed by atoms with Crippen LogP contribution < -0.4 is 4.90 Å². The highest BCUT2D eigenvalue weighted by atomic mass is 32.1. The van der Waals surface area contributed by atoms with Gasteiger partial charge in [-0.1, -0.05) is 184 Å². The number of anilines is 3. The van der Waals surface area contributed by atoms with Crippen LogP contribution in [0.2, 0.25) is 0 Å². The third-order valence-corrected chi connectivity index (χ3v) is 16.8. The Morgan fingerprint density at radius 3 is 1.78 bits per heavy atom. The number of nitrogens with zero attached hydrogens (tertiary/aromatic N) is 2. The molecule has 0 N–H and O–H groups in total. The van der Waals surface area contributed by atoms with E-state index in [0.29, 0.717) is 0 Å². The van der Waals surface area contributed by atoms with E-state index in [4.69, 9.17) is 0 Å². The Balaban J connectivity index is 0.905. The lowest BCUT2D eigenvalue weighted by Gasteiger charge is -2.39. The average Bonchev–Trinajstić information content (AvgIpc) is 4.09. The van der Waals surface area contributed by atoms with E-state index >= 15 is 0 Å². The van der Waals surface area contributed by atoms with Gasteiger partial charge in [0.05, 0.1) is 32.5 Å². The van der Waals surface area contributed by atoms with Gasteiger partial charge in [0.2, 0.25) is 0 Å². The number of rotatable bonds is 4. The van der Waals surface area contributed by atoms with Gasteiger partial charge in [0.15, 0.2) is 0 Å². The van der Waals surface area contributed by atoms with E-state index in [0.717, 1.165) is 11.4 Å². The zero-order valence-electron chi connectivity index (χ0n) is 37.1. The summed E-state index contributed by atoms with van der Waals surface area (Å²) in [7, 11) is 0. The van der Waals surface area contributed by atoms with Crippen LogP contribution in [0.5, 0.6) is 0 Å². The van der Waals surface area contributed by atoms with Crippen LogP contribution >= 0.6 is 11.3 Å². The number of hydrogen-bond acceptors (Lipinski definition) is 2. The van der Waals surface area contributed by atoms with Crippen LogP contribution in [-0.4, -0.2) is 4.57 Å². The smallest absolute Gasteiger partial charge is 0.0754 e. The molecule has 1 aliphatic heterocycles. The molecule has 2 nitrogen and oxygen atoms in total. The normalized spacial score (nSPS) is 14.4. The highest BCUT2D eigenvalue weighted by Crippen LogP contribution is 2.61. The molecule has 3 heterocycles. The van der Waals surface area contributed by atoms with Crippen molar-refractivity contribution in [3.63, 3.8) is 0 Å². The molecule has 0 bridgehead atoms. The number of fused-ring (bicyclic) bond motifs is 18. The molecule has 1 spiro atoms. The first kappa shape index (κ1) is 37.3. The third kappa shape index (κ3) is 4.79. The molecular formula is C64H42N2S. The second-order valence-electron chi connectivity index (χ2n) is 19.2. The van der Waals surface area contributed by atoms with Crippen LogP contribution in [0.1, 0.15) is 47.2 Å². The van der Waals surface area contributed by atoms with E-state index in [1.165, 1.54) is 120 Å². The maximum atomic E-state index is 2.56. The predicted octanol–water partition coefficient (Wildman–Crippen LogP) is 17.3. The van der Waals surface area contributed by atoms with Gasteiger partial charge in [-0.3, -0.25) is 0 Å². The quantitative estimate of drug-likeness (QED) is 0.171. The number of benzene rings is 10. The standard InChI is InChI=1S/C64H42N2S/c1-63(2)51-21-7-3-15-43(51)46-36-34-42(38-56(46)63)65(58-27-14-20-50-48-18-6-12-28-60(48)67-62(50)58)41-32-29-39(30-33-41)40-31-35-47-49-19-13-25-55-61(49)66(59(47)37-40)57-26-11-10-24-54(57)64(55)52-22-8-4-16-44(52)45-17-5-9-23-53(45)64/h3-38H,1-2H3. The Morgan fingerprint density at radius 1 is 0.403 bits per heavy atom. The zero-order valence-corrected chi connectivity index (χ0v) is 37.9. The molecule has 2 aromatic heterocycles. The fraction of sp³-hybridized carbons (Fsp3) is 0.0625. The largest absolute Gasteiger partial charge is 0.309 e. The summed E-state index contributed by atoms with van der Waals surface area (Å²) >= 11 is 1.88. The summed E-state index contributed by atoms with van der Waals surface area (Å²) in [6.07, 6.45) is 0. The maximum Gasteiger partial charge on any atom is 0.0754 e. The first-order chi connectivity index (χ1) is 33.0. The number of hydrogen-bond donors (Lipinski definition) is 0. The monoisotopic (exact) mass is 870 g/mol. The highest BCUT2D eigenvalue weighted by Gasteiger charge is 2.50.